The Morgan fingerprint density at radius 2 is 1.84 bits per heavy atom. The molecular formula is C14H19F2N3. The molecule has 0 amide bonds. The Morgan fingerprint density at radius 3 is 2.53 bits per heavy atom. The first-order valence-electron chi connectivity index (χ1n) is 6.64. The third-order valence-electron chi connectivity index (χ3n) is 4.37. The van der Waals surface area contributed by atoms with Crippen LogP contribution < -0.4 is 10.6 Å². The molecular weight excluding hydrogens is 248 g/mol. The third-order valence-corrected chi connectivity index (χ3v) is 4.37. The largest absolute Gasteiger partial charge is 0.399 e. The second-order valence-corrected chi connectivity index (χ2v) is 5.75. The molecule has 0 spiro atoms. The van der Waals surface area contributed by atoms with Gasteiger partial charge in [-0.15, -0.1) is 0 Å². The normalized spacial score (nSPS) is 30.4. The first-order chi connectivity index (χ1) is 8.95. The van der Waals surface area contributed by atoms with E-state index < -0.39 is 11.8 Å². The van der Waals surface area contributed by atoms with E-state index >= 15 is 0 Å². The van der Waals surface area contributed by atoms with Crippen molar-refractivity contribution in [3.05, 3.63) is 24.3 Å². The minimum Gasteiger partial charge on any atom is -0.399 e. The zero-order valence-electron chi connectivity index (χ0n) is 11.0. The van der Waals surface area contributed by atoms with Crippen molar-refractivity contribution in [1.29, 1.82) is 0 Å². The van der Waals surface area contributed by atoms with Crippen molar-refractivity contribution in [3.8, 4) is 0 Å². The van der Waals surface area contributed by atoms with Crippen molar-refractivity contribution in [1.82, 2.24) is 4.90 Å². The van der Waals surface area contributed by atoms with Gasteiger partial charge in [-0.2, -0.15) is 0 Å². The fourth-order valence-corrected chi connectivity index (χ4v) is 3.15. The lowest BCUT2D eigenvalue weighted by molar-refractivity contribution is -0.106. The Labute approximate surface area is 112 Å². The first-order valence-corrected chi connectivity index (χ1v) is 6.64. The van der Waals surface area contributed by atoms with Crippen LogP contribution in [0.5, 0.6) is 0 Å². The zero-order valence-corrected chi connectivity index (χ0v) is 11.0. The number of hydrogen-bond donors (Lipinski definition) is 1. The molecule has 2 bridgehead atoms. The number of nitrogen functional groups attached to an aromatic ring is 1. The van der Waals surface area contributed by atoms with Gasteiger partial charge >= 0.3 is 0 Å². The minimum absolute atomic E-state index is 0.0281. The van der Waals surface area contributed by atoms with Gasteiger partial charge in [0.25, 0.3) is 5.92 Å². The molecule has 5 heteroatoms. The SMILES string of the molecule is CN1CC2CN(c3ccc(N)cc3)C[C@@H]1CC2(F)F. The number of likely N-dealkylation sites (N-methyl/N-ethyl adjacent to an activating group) is 1. The molecule has 1 unspecified atom stereocenters. The van der Waals surface area contributed by atoms with Gasteiger partial charge in [0, 0.05) is 43.5 Å². The van der Waals surface area contributed by atoms with Gasteiger partial charge in [-0.05, 0) is 31.3 Å². The topological polar surface area (TPSA) is 32.5 Å². The molecule has 0 saturated carbocycles. The molecule has 3 saturated heterocycles. The van der Waals surface area contributed by atoms with Gasteiger partial charge in [0.2, 0.25) is 0 Å². The van der Waals surface area contributed by atoms with Gasteiger partial charge in [0.15, 0.2) is 0 Å². The lowest BCUT2D eigenvalue weighted by Gasteiger charge is -2.38. The number of halogens is 2. The van der Waals surface area contributed by atoms with Gasteiger partial charge in [-0.3, -0.25) is 0 Å². The molecule has 3 nitrogen and oxygen atoms in total. The molecule has 1 aromatic carbocycles. The predicted octanol–water partition coefficient (Wildman–Crippen LogP) is 2.04. The van der Waals surface area contributed by atoms with Crippen LogP contribution >= 0.6 is 0 Å². The second kappa shape index (κ2) is 4.34. The fourth-order valence-electron chi connectivity index (χ4n) is 3.15. The summed E-state index contributed by atoms with van der Waals surface area (Å²) in [7, 11) is 1.94. The van der Waals surface area contributed by atoms with Gasteiger partial charge < -0.3 is 15.5 Å². The summed E-state index contributed by atoms with van der Waals surface area (Å²) in [6.45, 7) is 1.55. The molecule has 3 aliphatic heterocycles. The Kier molecular flexibility index (Phi) is 2.89. The summed E-state index contributed by atoms with van der Waals surface area (Å²) >= 11 is 0. The standard InChI is InChI=1S/C14H19F2N3/c1-18-7-10-8-19(9-13(18)6-14(10,15)16)12-4-2-11(17)3-5-12/h2-5,10,13H,6-9,17H2,1H3/t10?,13-/m0/s1. The van der Waals surface area contributed by atoms with Gasteiger partial charge in [-0.1, -0.05) is 0 Å². The van der Waals surface area contributed by atoms with Crippen LogP contribution in [0.2, 0.25) is 0 Å². The van der Waals surface area contributed by atoms with Crippen LogP contribution in [0.3, 0.4) is 0 Å². The summed E-state index contributed by atoms with van der Waals surface area (Å²) in [5.41, 5.74) is 7.35. The summed E-state index contributed by atoms with van der Waals surface area (Å²) in [6, 6.07) is 7.40. The molecule has 3 aliphatic rings. The maximum Gasteiger partial charge on any atom is 0.255 e. The summed E-state index contributed by atoms with van der Waals surface area (Å²) in [6.07, 6.45) is -0.0281. The average molecular weight is 267 g/mol. The quantitative estimate of drug-likeness (QED) is 0.790. The molecule has 4 rings (SSSR count). The fraction of sp³-hybridized carbons (Fsp3) is 0.571. The predicted molar refractivity (Wildman–Crippen MR) is 72.5 cm³/mol. The molecule has 104 valence electrons. The highest BCUT2D eigenvalue weighted by atomic mass is 19.3. The molecule has 2 atom stereocenters. The maximum absolute atomic E-state index is 14.0. The summed E-state index contributed by atoms with van der Waals surface area (Å²) in [5.74, 6) is -3.13. The highest BCUT2D eigenvalue weighted by Crippen LogP contribution is 2.40. The Bertz CT molecular complexity index is 460. The van der Waals surface area contributed by atoms with Crippen molar-refractivity contribution in [3.63, 3.8) is 0 Å². The number of rotatable bonds is 1. The smallest absolute Gasteiger partial charge is 0.255 e. The molecule has 1 aromatic rings. The van der Waals surface area contributed by atoms with E-state index in [2.05, 4.69) is 9.80 Å². The van der Waals surface area contributed by atoms with E-state index in [-0.39, 0.29) is 12.5 Å². The molecule has 19 heavy (non-hydrogen) atoms. The lowest BCUT2D eigenvalue weighted by atomic mass is 9.91. The van der Waals surface area contributed by atoms with Crippen molar-refractivity contribution < 1.29 is 8.78 Å². The van der Waals surface area contributed by atoms with Crippen LogP contribution in [-0.2, 0) is 0 Å². The van der Waals surface area contributed by atoms with E-state index in [0.29, 0.717) is 25.3 Å². The Balaban J connectivity index is 1.88. The third kappa shape index (κ3) is 2.27. The molecule has 0 aliphatic carbocycles. The summed E-state index contributed by atoms with van der Waals surface area (Å²) in [5, 5.41) is 0. The van der Waals surface area contributed by atoms with Crippen LogP contribution in [0.1, 0.15) is 6.42 Å². The van der Waals surface area contributed by atoms with Crippen LogP contribution in [0.25, 0.3) is 0 Å². The first kappa shape index (κ1) is 12.7. The zero-order chi connectivity index (χ0) is 13.6. The molecule has 0 radical (unpaired) electrons. The molecule has 3 fully saturated rings. The minimum atomic E-state index is -2.54. The highest BCUT2D eigenvalue weighted by molar-refractivity contribution is 5.53. The van der Waals surface area contributed by atoms with Gasteiger partial charge in [-0.25, -0.2) is 8.78 Å². The van der Waals surface area contributed by atoms with Crippen molar-refractivity contribution in [2.45, 2.75) is 18.4 Å². The van der Waals surface area contributed by atoms with Crippen LogP contribution in [-0.4, -0.2) is 43.5 Å². The van der Waals surface area contributed by atoms with Crippen molar-refractivity contribution in [2.24, 2.45) is 5.92 Å². The van der Waals surface area contributed by atoms with E-state index in [0.717, 1.165) is 5.69 Å². The van der Waals surface area contributed by atoms with E-state index in [1.165, 1.54) is 0 Å². The number of hydrogen-bond acceptors (Lipinski definition) is 3. The van der Waals surface area contributed by atoms with Gasteiger partial charge in [0.05, 0.1) is 5.92 Å². The van der Waals surface area contributed by atoms with E-state index in [9.17, 15) is 8.78 Å². The summed E-state index contributed by atoms with van der Waals surface area (Å²) in [4.78, 5) is 4.14. The van der Waals surface area contributed by atoms with E-state index in [4.69, 9.17) is 5.73 Å². The maximum atomic E-state index is 14.0. The molecule has 2 N–H and O–H groups in total. The van der Waals surface area contributed by atoms with E-state index in [1.54, 1.807) is 0 Å². The van der Waals surface area contributed by atoms with Crippen LogP contribution in [0.15, 0.2) is 24.3 Å². The molecule has 3 heterocycles. The van der Waals surface area contributed by atoms with E-state index in [1.807, 2.05) is 31.3 Å². The Hall–Kier alpha value is -1.36. The second-order valence-electron chi connectivity index (χ2n) is 5.75. The number of alkyl halides is 2. The highest BCUT2D eigenvalue weighted by Gasteiger charge is 2.50. The van der Waals surface area contributed by atoms with Crippen LogP contribution in [0, 0.1) is 5.92 Å². The number of anilines is 2. The van der Waals surface area contributed by atoms with Crippen LogP contribution in [0.4, 0.5) is 20.2 Å². The van der Waals surface area contributed by atoms with Gasteiger partial charge in [0.1, 0.15) is 0 Å². The summed E-state index contributed by atoms with van der Waals surface area (Å²) < 4.78 is 28.0. The average Bonchev–Trinajstić information content (AvgIpc) is 2.57. The number of piperidine rings is 1. The number of benzene rings is 1. The number of nitrogens with zero attached hydrogens (tertiary/aromatic N) is 2. The molecule has 0 aromatic heterocycles. The lowest BCUT2D eigenvalue weighted by Crippen LogP contribution is -2.50. The monoisotopic (exact) mass is 267 g/mol. The Morgan fingerprint density at radius 1 is 1.16 bits per heavy atom. The number of fused-ring (bicyclic) bond motifs is 4. The number of nitrogens with two attached hydrogens (primary N) is 1. The van der Waals surface area contributed by atoms with Crippen molar-refractivity contribution >= 4 is 11.4 Å². The van der Waals surface area contributed by atoms with Crippen molar-refractivity contribution in [2.75, 3.05) is 37.3 Å².